The molecule has 4 aromatic carbocycles. The fourth-order valence-electron chi connectivity index (χ4n) is 4.72. The molecule has 5 rings (SSSR count). The van der Waals surface area contributed by atoms with Gasteiger partial charge in [-0.25, -0.2) is 0 Å². The first-order valence-electron chi connectivity index (χ1n) is 15.2. The Balaban J connectivity index is 1.47. The molecule has 0 atom stereocenters. The van der Waals surface area contributed by atoms with E-state index in [1.807, 2.05) is 48.5 Å². The largest absolute Gasteiger partial charge is 0.497 e. The minimum atomic E-state index is -0.291. The van der Waals surface area contributed by atoms with Crippen LogP contribution in [0.15, 0.2) is 121 Å². The molecule has 0 aromatic heterocycles. The summed E-state index contributed by atoms with van der Waals surface area (Å²) >= 11 is 0. The summed E-state index contributed by atoms with van der Waals surface area (Å²) in [6.07, 6.45) is 6.32. The maximum Gasteiger partial charge on any atom is 0.189 e. The Hall–Kier alpha value is -6.02. The van der Waals surface area contributed by atoms with Crippen LogP contribution < -0.4 is 28.4 Å². The van der Waals surface area contributed by atoms with Crippen molar-refractivity contribution in [2.24, 2.45) is 0 Å². The normalized spacial score (nSPS) is 15.7. The van der Waals surface area contributed by atoms with Gasteiger partial charge < -0.3 is 28.4 Å². The molecule has 0 fully saturated rings. The molecule has 0 amide bonds. The van der Waals surface area contributed by atoms with Gasteiger partial charge in [0, 0.05) is 11.1 Å². The maximum absolute atomic E-state index is 13.5. The Morgan fingerprint density at radius 1 is 0.500 bits per heavy atom. The van der Waals surface area contributed by atoms with Gasteiger partial charge in [-0.15, -0.1) is 0 Å². The van der Waals surface area contributed by atoms with Crippen molar-refractivity contribution in [3.63, 3.8) is 0 Å². The number of carbonyl (C=O) groups excluding carboxylic acids is 2. The predicted molar refractivity (Wildman–Crippen MR) is 186 cm³/mol. The molecule has 244 valence electrons. The number of methoxy groups -OCH3 is 2. The van der Waals surface area contributed by atoms with Crippen LogP contribution in [0.5, 0.6) is 34.5 Å². The lowest BCUT2D eigenvalue weighted by molar-refractivity contribution is 0.103. The van der Waals surface area contributed by atoms with Gasteiger partial charge in [0.25, 0.3) is 0 Å². The van der Waals surface area contributed by atoms with Gasteiger partial charge in [-0.1, -0.05) is 49.6 Å². The number of hydrogen-bond acceptors (Lipinski definition) is 8. The molecule has 1 heterocycles. The van der Waals surface area contributed by atoms with Crippen LogP contribution in [0.3, 0.4) is 0 Å². The number of ketones is 2. The second-order valence-electron chi connectivity index (χ2n) is 10.8. The van der Waals surface area contributed by atoms with Crippen LogP contribution in [0.4, 0.5) is 0 Å². The molecule has 0 spiro atoms. The van der Waals surface area contributed by atoms with Crippen molar-refractivity contribution in [2.45, 2.75) is 0 Å². The van der Waals surface area contributed by atoms with Crippen LogP contribution in [0.2, 0.25) is 0 Å². The van der Waals surface area contributed by atoms with E-state index < -0.39 is 0 Å². The first kappa shape index (κ1) is 33.3. The fraction of sp³-hybridized carbons (Fsp3) is 0.150. The molecule has 0 aliphatic carbocycles. The minimum Gasteiger partial charge on any atom is -0.497 e. The number of benzene rings is 4. The fourth-order valence-corrected chi connectivity index (χ4v) is 4.72. The highest BCUT2D eigenvalue weighted by Crippen LogP contribution is 2.29. The molecule has 8 heteroatoms. The average molecular weight is 645 g/mol. The van der Waals surface area contributed by atoms with E-state index in [0.717, 1.165) is 0 Å². The van der Waals surface area contributed by atoms with E-state index in [1.165, 1.54) is 26.4 Å². The third-order valence-corrected chi connectivity index (χ3v) is 7.30. The van der Waals surface area contributed by atoms with Crippen molar-refractivity contribution in [1.29, 1.82) is 0 Å². The summed E-state index contributed by atoms with van der Waals surface area (Å²) in [7, 11) is 3.06. The van der Waals surface area contributed by atoms with Gasteiger partial charge >= 0.3 is 0 Å². The Morgan fingerprint density at radius 2 is 0.875 bits per heavy atom. The van der Waals surface area contributed by atoms with Crippen molar-refractivity contribution in [3.05, 3.63) is 144 Å². The molecule has 0 unspecified atom stereocenters. The quantitative estimate of drug-likeness (QED) is 0.204. The predicted octanol–water partition coefficient (Wildman–Crippen LogP) is 7.84. The molecule has 0 bridgehead atoms. The number of ether oxygens (including phenoxy) is 6. The second-order valence-corrected chi connectivity index (χ2v) is 10.8. The molecule has 0 saturated carbocycles. The van der Waals surface area contributed by atoms with Crippen molar-refractivity contribution in [2.75, 3.05) is 40.6 Å². The number of para-hydroxylation sites is 2. The van der Waals surface area contributed by atoms with Gasteiger partial charge in [0.15, 0.2) is 11.6 Å². The molecule has 48 heavy (non-hydrogen) atoms. The summed E-state index contributed by atoms with van der Waals surface area (Å²) < 4.78 is 34.9. The lowest BCUT2D eigenvalue weighted by atomic mass is 10.1. The third-order valence-electron chi connectivity index (χ3n) is 7.30. The molecular weight excluding hydrogens is 608 g/mol. The van der Waals surface area contributed by atoms with Crippen molar-refractivity contribution < 1.29 is 38.0 Å². The SMILES string of the molecule is C=C1COc2ccccc2/C=C\C(=O)c2cc(OC)ccc2OCC(=C)COc2ccc(OC)cc2C(=O)/C=C\c2ccccc2OC1. The molecule has 8 nitrogen and oxygen atoms in total. The van der Waals surface area contributed by atoms with Gasteiger partial charge in [-0.3, -0.25) is 9.59 Å². The van der Waals surface area contributed by atoms with Crippen LogP contribution >= 0.6 is 0 Å². The van der Waals surface area contributed by atoms with E-state index in [1.54, 1.807) is 48.6 Å². The smallest absolute Gasteiger partial charge is 0.189 e. The Kier molecular flexibility index (Phi) is 11.1. The Labute approximate surface area is 280 Å². The van der Waals surface area contributed by atoms with Crippen LogP contribution in [0.1, 0.15) is 31.8 Å². The second kappa shape index (κ2) is 16.0. The Bertz CT molecular complexity index is 1750. The standard InChI is InChI=1S/C40H36O8/c1-27-23-45-37-11-7-5-9-29(37)13-17-35(41)33-21-31(43-3)15-19-39(33)47-25-28(2)26-48-40-20-16-32(44-4)22-34(40)36(42)18-14-30-10-6-8-12-38(30)46-24-27/h5-22H,1-2,23-26H2,3-4H3/b17-13-,18-14-. The average Bonchev–Trinajstić information content (AvgIpc) is 3.12. The molecule has 0 saturated heterocycles. The van der Waals surface area contributed by atoms with Gasteiger partial charge in [0.1, 0.15) is 60.9 Å². The van der Waals surface area contributed by atoms with E-state index in [9.17, 15) is 9.59 Å². The topological polar surface area (TPSA) is 89.5 Å². The number of rotatable bonds is 2. The monoisotopic (exact) mass is 644 g/mol. The first-order valence-corrected chi connectivity index (χ1v) is 15.2. The highest BCUT2D eigenvalue weighted by molar-refractivity contribution is 6.09. The summed E-state index contributed by atoms with van der Waals surface area (Å²) in [5.74, 6) is 2.30. The number of allylic oxidation sites excluding steroid dienone is 2. The van der Waals surface area contributed by atoms with Gasteiger partial charge in [0.2, 0.25) is 0 Å². The zero-order valence-corrected chi connectivity index (χ0v) is 26.9. The Morgan fingerprint density at radius 3 is 1.27 bits per heavy atom. The highest BCUT2D eigenvalue weighted by Gasteiger charge is 2.16. The number of hydrogen-bond donors (Lipinski definition) is 0. The maximum atomic E-state index is 13.5. The van der Waals surface area contributed by atoms with Crippen LogP contribution in [-0.2, 0) is 0 Å². The molecule has 1 aliphatic rings. The summed E-state index contributed by atoms with van der Waals surface area (Å²) in [6, 6.07) is 24.8. The van der Waals surface area contributed by atoms with Gasteiger partial charge in [-0.2, -0.15) is 0 Å². The van der Waals surface area contributed by atoms with Crippen molar-refractivity contribution in [3.8, 4) is 34.5 Å². The van der Waals surface area contributed by atoms with Crippen molar-refractivity contribution in [1.82, 2.24) is 0 Å². The summed E-state index contributed by atoms with van der Waals surface area (Å²) in [6.45, 7) is 8.69. The zero-order valence-electron chi connectivity index (χ0n) is 26.9. The van der Waals surface area contributed by atoms with Crippen LogP contribution in [-0.4, -0.2) is 52.2 Å². The third kappa shape index (κ3) is 8.61. The van der Waals surface area contributed by atoms with Gasteiger partial charge in [0.05, 0.1) is 25.3 Å². The first-order chi connectivity index (χ1) is 23.3. The summed E-state index contributed by atoms with van der Waals surface area (Å²) in [5, 5.41) is 0. The zero-order chi connectivity index (χ0) is 33.9. The van der Waals surface area contributed by atoms with Crippen LogP contribution in [0.25, 0.3) is 12.2 Å². The van der Waals surface area contributed by atoms with E-state index in [2.05, 4.69) is 13.2 Å². The molecule has 0 N–H and O–H groups in total. The van der Waals surface area contributed by atoms with E-state index in [4.69, 9.17) is 28.4 Å². The lowest BCUT2D eigenvalue weighted by Gasteiger charge is -2.15. The van der Waals surface area contributed by atoms with Gasteiger partial charge in [-0.05, 0) is 84.0 Å². The van der Waals surface area contributed by atoms with Crippen LogP contribution in [0, 0.1) is 0 Å². The lowest BCUT2D eigenvalue weighted by Crippen LogP contribution is -2.12. The molecular formula is C40H36O8. The van der Waals surface area contributed by atoms with E-state index >= 15 is 0 Å². The van der Waals surface area contributed by atoms with E-state index in [-0.39, 0.29) is 38.0 Å². The molecule has 0 radical (unpaired) electrons. The van der Waals surface area contributed by atoms with Crippen molar-refractivity contribution >= 4 is 23.7 Å². The minimum absolute atomic E-state index is 0.0625. The number of carbonyl (C=O) groups is 2. The molecule has 4 aromatic rings. The number of fused-ring (bicyclic) bond motifs is 4. The summed E-state index contributed by atoms with van der Waals surface area (Å²) in [4.78, 5) is 26.9. The van der Waals surface area contributed by atoms with E-state index in [0.29, 0.717) is 67.9 Å². The highest BCUT2D eigenvalue weighted by atomic mass is 16.5. The molecule has 1 aliphatic heterocycles. The summed E-state index contributed by atoms with van der Waals surface area (Å²) in [5.41, 5.74) is 3.32.